The Morgan fingerprint density at radius 3 is 2.68 bits per heavy atom. The molecule has 3 rings (SSSR count). The van der Waals surface area contributed by atoms with Crippen molar-refractivity contribution in [2.24, 2.45) is 0 Å². The van der Waals surface area contributed by atoms with Gasteiger partial charge in [0, 0.05) is 5.56 Å². The fourth-order valence-electron chi connectivity index (χ4n) is 1.95. The lowest BCUT2D eigenvalue weighted by Gasteiger charge is -2.20. The van der Waals surface area contributed by atoms with Crippen LogP contribution < -0.4 is 10.3 Å². The first-order valence-corrected chi connectivity index (χ1v) is 6.05. The number of hydrogen-bond acceptors (Lipinski definition) is 4. The summed E-state index contributed by atoms with van der Waals surface area (Å²) in [5.74, 6) is 0.666. The molecule has 96 valence electrons. The lowest BCUT2D eigenvalue weighted by Crippen LogP contribution is -2.22. The molecule has 1 aliphatic heterocycles. The van der Waals surface area contributed by atoms with Crippen molar-refractivity contribution in [3.8, 4) is 5.88 Å². The van der Waals surface area contributed by atoms with Crippen LogP contribution in [0.15, 0.2) is 41.2 Å². The number of nitrogens with one attached hydrogen (secondary N) is 2. The molecule has 0 aliphatic carbocycles. The summed E-state index contributed by atoms with van der Waals surface area (Å²) >= 11 is 4.89. The van der Waals surface area contributed by atoms with Crippen LogP contribution in [0.1, 0.15) is 17.2 Å². The standard InChI is InChI=1S/C13H10N2O3S/c16-8-6-9(7-4-2-1-3-5-7)18-12-10(8)11(17)14-13(19)15-12/h1-6,8,16H,(H2,14,15,17,19)/t8-/m0/s1. The molecule has 1 aliphatic rings. The number of hydrogen-bond donors (Lipinski definition) is 3. The number of H-pyrrole nitrogens is 2. The number of aromatic nitrogens is 2. The topological polar surface area (TPSA) is 78.1 Å². The van der Waals surface area contributed by atoms with Crippen molar-refractivity contribution in [3.63, 3.8) is 0 Å². The van der Waals surface area contributed by atoms with Crippen LogP contribution >= 0.6 is 12.2 Å². The molecule has 2 heterocycles. The van der Waals surface area contributed by atoms with Gasteiger partial charge < -0.3 is 14.8 Å². The predicted octanol–water partition coefficient (Wildman–Crippen LogP) is 1.90. The van der Waals surface area contributed by atoms with Gasteiger partial charge in [-0.25, -0.2) is 0 Å². The van der Waals surface area contributed by atoms with E-state index in [0.717, 1.165) is 5.56 Å². The number of fused-ring (bicyclic) bond motifs is 1. The molecule has 0 amide bonds. The normalized spacial score (nSPS) is 17.3. The van der Waals surface area contributed by atoms with Crippen LogP contribution in [0.3, 0.4) is 0 Å². The predicted molar refractivity (Wildman–Crippen MR) is 72.3 cm³/mol. The summed E-state index contributed by atoms with van der Waals surface area (Å²) in [5, 5.41) is 10.0. The first-order valence-electron chi connectivity index (χ1n) is 5.65. The van der Waals surface area contributed by atoms with Gasteiger partial charge in [0.25, 0.3) is 5.56 Å². The summed E-state index contributed by atoms with van der Waals surface area (Å²) in [6.45, 7) is 0. The van der Waals surface area contributed by atoms with Gasteiger partial charge in [0.05, 0.1) is 0 Å². The van der Waals surface area contributed by atoms with Crippen molar-refractivity contribution in [1.29, 1.82) is 0 Å². The number of benzene rings is 1. The first kappa shape index (κ1) is 11.9. The summed E-state index contributed by atoms with van der Waals surface area (Å²) in [6, 6.07) is 9.31. The zero-order valence-corrected chi connectivity index (χ0v) is 10.5. The van der Waals surface area contributed by atoms with Crippen molar-refractivity contribution in [1.82, 2.24) is 9.97 Å². The Hall–Kier alpha value is -2.18. The summed E-state index contributed by atoms with van der Waals surface area (Å²) < 4.78 is 5.77. The molecule has 0 saturated heterocycles. The third kappa shape index (κ3) is 2.11. The summed E-state index contributed by atoms with van der Waals surface area (Å²) in [7, 11) is 0. The van der Waals surface area contributed by atoms with E-state index in [1.165, 1.54) is 6.08 Å². The maximum Gasteiger partial charge on any atom is 0.261 e. The van der Waals surface area contributed by atoms with Gasteiger partial charge in [0.2, 0.25) is 5.88 Å². The molecule has 1 atom stereocenters. The zero-order valence-electron chi connectivity index (χ0n) is 9.71. The van der Waals surface area contributed by atoms with Crippen LogP contribution in [0.4, 0.5) is 0 Å². The van der Waals surface area contributed by atoms with E-state index in [1.54, 1.807) is 0 Å². The molecule has 0 unspecified atom stereocenters. The molecule has 0 fully saturated rings. The average Bonchev–Trinajstić information content (AvgIpc) is 2.38. The van der Waals surface area contributed by atoms with E-state index in [4.69, 9.17) is 17.0 Å². The van der Waals surface area contributed by atoms with Crippen LogP contribution in [0.25, 0.3) is 5.76 Å². The summed E-state index contributed by atoms with van der Waals surface area (Å²) in [5.41, 5.74) is 0.495. The molecule has 19 heavy (non-hydrogen) atoms. The lowest BCUT2D eigenvalue weighted by atomic mass is 10.1. The lowest BCUT2D eigenvalue weighted by molar-refractivity contribution is 0.213. The Labute approximate surface area is 113 Å². The second-order valence-electron chi connectivity index (χ2n) is 4.09. The van der Waals surface area contributed by atoms with Gasteiger partial charge in [-0.1, -0.05) is 30.3 Å². The van der Waals surface area contributed by atoms with Crippen LogP contribution in [0.5, 0.6) is 5.88 Å². The molecule has 5 nitrogen and oxygen atoms in total. The van der Waals surface area contributed by atoms with Gasteiger partial charge in [0.1, 0.15) is 17.4 Å². The molecule has 3 N–H and O–H groups in total. The Bertz CT molecular complexity index is 761. The van der Waals surface area contributed by atoms with Gasteiger partial charge in [-0.2, -0.15) is 0 Å². The highest BCUT2D eigenvalue weighted by Crippen LogP contribution is 2.31. The number of aromatic amines is 2. The number of ether oxygens (including phenoxy) is 1. The molecule has 0 saturated carbocycles. The van der Waals surface area contributed by atoms with E-state index in [0.29, 0.717) is 5.76 Å². The maximum absolute atomic E-state index is 11.7. The van der Waals surface area contributed by atoms with Crippen LogP contribution in [0, 0.1) is 4.77 Å². The third-order valence-electron chi connectivity index (χ3n) is 2.82. The molecular formula is C13H10N2O3S. The van der Waals surface area contributed by atoms with Gasteiger partial charge >= 0.3 is 0 Å². The Balaban J connectivity index is 2.12. The minimum Gasteiger partial charge on any atom is -0.440 e. The Morgan fingerprint density at radius 2 is 1.95 bits per heavy atom. The van der Waals surface area contributed by atoms with Crippen LogP contribution in [-0.2, 0) is 0 Å². The monoisotopic (exact) mass is 274 g/mol. The molecule has 0 spiro atoms. The second-order valence-corrected chi connectivity index (χ2v) is 4.50. The smallest absolute Gasteiger partial charge is 0.261 e. The van der Waals surface area contributed by atoms with Gasteiger partial charge in [-0.3, -0.25) is 9.78 Å². The quantitative estimate of drug-likeness (QED) is 0.694. The number of aliphatic hydroxyl groups excluding tert-OH is 1. The van der Waals surface area contributed by atoms with E-state index in [2.05, 4.69) is 9.97 Å². The van der Waals surface area contributed by atoms with Crippen molar-refractivity contribution in [2.45, 2.75) is 6.10 Å². The van der Waals surface area contributed by atoms with Gasteiger partial charge in [-0.05, 0) is 18.3 Å². The van der Waals surface area contributed by atoms with Crippen molar-refractivity contribution >= 4 is 18.0 Å². The third-order valence-corrected chi connectivity index (χ3v) is 3.02. The fraction of sp³-hybridized carbons (Fsp3) is 0.0769. The zero-order chi connectivity index (χ0) is 13.4. The van der Waals surface area contributed by atoms with E-state index in [9.17, 15) is 9.90 Å². The molecule has 0 radical (unpaired) electrons. The molecule has 1 aromatic carbocycles. The van der Waals surface area contributed by atoms with Crippen molar-refractivity contribution in [2.75, 3.05) is 0 Å². The SMILES string of the molecule is O=c1[nH]c(=S)[nH]c2c1[C@@H](O)C=C(c1ccccc1)O2. The number of aliphatic hydroxyl groups is 1. The molecule has 1 aromatic heterocycles. The van der Waals surface area contributed by atoms with E-state index >= 15 is 0 Å². The average molecular weight is 274 g/mol. The first-order chi connectivity index (χ1) is 9.15. The summed E-state index contributed by atoms with van der Waals surface area (Å²) in [6.07, 6.45) is 0.457. The van der Waals surface area contributed by atoms with Crippen molar-refractivity contribution < 1.29 is 9.84 Å². The molecule has 0 bridgehead atoms. The maximum atomic E-state index is 11.7. The van der Waals surface area contributed by atoms with E-state index < -0.39 is 11.7 Å². The van der Waals surface area contributed by atoms with Crippen LogP contribution in [0.2, 0.25) is 0 Å². The molecule has 2 aromatic rings. The Morgan fingerprint density at radius 1 is 1.21 bits per heavy atom. The summed E-state index contributed by atoms with van der Waals surface area (Å²) in [4.78, 5) is 16.9. The minimum atomic E-state index is -1.03. The highest BCUT2D eigenvalue weighted by atomic mass is 32.1. The Kier molecular flexibility index (Phi) is 2.81. The minimum absolute atomic E-state index is 0.133. The van der Waals surface area contributed by atoms with Gasteiger partial charge in [0.15, 0.2) is 4.77 Å². The largest absolute Gasteiger partial charge is 0.440 e. The van der Waals surface area contributed by atoms with Crippen molar-refractivity contribution in [3.05, 3.63) is 62.7 Å². The molecular weight excluding hydrogens is 264 g/mol. The highest BCUT2D eigenvalue weighted by Gasteiger charge is 2.24. The highest BCUT2D eigenvalue weighted by molar-refractivity contribution is 7.71. The number of rotatable bonds is 1. The molecule has 6 heteroatoms. The van der Waals surface area contributed by atoms with E-state index in [-0.39, 0.29) is 16.2 Å². The van der Waals surface area contributed by atoms with Gasteiger partial charge in [-0.15, -0.1) is 0 Å². The second kappa shape index (κ2) is 4.49. The van der Waals surface area contributed by atoms with E-state index in [1.807, 2.05) is 30.3 Å². The fourth-order valence-corrected chi connectivity index (χ4v) is 2.14. The van der Waals surface area contributed by atoms with Crippen LogP contribution in [-0.4, -0.2) is 15.1 Å².